The Morgan fingerprint density at radius 1 is 0.475 bits per heavy atom. The van der Waals surface area contributed by atoms with Crippen molar-refractivity contribution in [2.24, 2.45) is 57.7 Å². The van der Waals surface area contributed by atoms with Gasteiger partial charge in [0.2, 0.25) is 0 Å². The second-order valence-electron chi connectivity index (χ2n) is 23.9. The molecule has 61 heavy (non-hydrogen) atoms. The zero-order valence-corrected chi connectivity index (χ0v) is 44.1. The molecule has 7 aliphatic rings. The predicted octanol–water partition coefficient (Wildman–Crippen LogP) is 19.6. The fourth-order valence-corrected chi connectivity index (χ4v) is 9.49. The van der Waals surface area contributed by atoms with Crippen molar-refractivity contribution in [2.45, 2.75) is 246 Å². The summed E-state index contributed by atoms with van der Waals surface area (Å²) in [5, 5.41) is 0. The average Bonchev–Trinajstić information content (AvgIpc) is 3.70. The third kappa shape index (κ3) is 22.0. The van der Waals surface area contributed by atoms with E-state index in [2.05, 4.69) is 154 Å². The molecular weight excluding hydrogens is 737 g/mol. The van der Waals surface area contributed by atoms with Gasteiger partial charge in [0.05, 0.1) is 0 Å². The minimum absolute atomic E-state index is 0.230. The minimum Gasteiger partial charge on any atom is -0.295 e. The SMILES string of the molecule is CC(C)C1=CC(C)(C)CCC1=O.CC(C)C1=CCC(C)(C)CC1.CC(C)C1=CCC2(CC1)CC2.CC(C)C1=CCCC1.CC(C)C1=CCCCC1.CC1CC=C(C(C)C)CC1. The molecule has 0 aliphatic heterocycles. The van der Waals surface area contributed by atoms with E-state index in [-0.39, 0.29) is 5.41 Å². The van der Waals surface area contributed by atoms with Crippen molar-refractivity contribution in [3.63, 3.8) is 0 Å². The van der Waals surface area contributed by atoms with Gasteiger partial charge in [0.15, 0.2) is 5.78 Å². The van der Waals surface area contributed by atoms with E-state index in [1.54, 1.807) is 27.9 Å². The van der Waals surface area contributed by atoms with E-state index in [0.29, 0.717) is 17.1 Å². The van der Waals surface area contributed by atoms with Crippen LogP contribution in [0.1, 0.15) is 246 Å². The van der Waals surface area contributed by atoms with Gasteiger partial charge in [-0.3, -0.25) is 4.79 Å². The van der Waals surface area contributed by atoms with E-state index < -0.39 is 0 Å². The molecule has 0 aromatic rings. The summed E-state index contributed by atoms with van der Waals surface area (Å²) in [6, 6.07) is 0. The number of hydrogen-bond acceptors (Lipinski definition) is 1. The fourth-order valence-electron chi connectivity index (χ4n) is 9.49. The Hall–Kier alpha value is -1.89. The molecule has 7 rings (SSSR count). The first-order valence-corrected chi connectivity index (χ1v) is 26.2. The highest BCUT2D eigenvalue weighted by Crippen LogP contribution is 2.56. The van der Waals surface area contributed by atoms with Gasteiger partial charge in [-0.05, 0) is 185 Å². The number of carbonyl (C=O) groups is 1. The molecule has 1 heteroatoms. The molecular formula is C60H104O. The lowest BCUT2D eigenvalue weighted by atomic mass is 9.76. The van der Waals surface area contributed by atoms with Gasteiger partial charge in [0, 0.05) is 6.42 Å². The lowest BCUT2D eigenvalue weighted by molar-refractivity contribution is -0.117. The Bertz CT molecular complexity index is 1450. The Labute approximate surface area is 382 Å². The van der Waals surface area contributed by atoms with Crippen LogP contribution in [0.4, 0.5) is 0 Å². The van der Waals surface area contributed by atoms with Crippen LogP contribution in [0, 0.1) is 57.7 Å². The highest BCUT2D eigenvalue weighted by Gasteiger charge is 2.42. The van der Waals surface area contributed by atoms with E-state index in [9.17, 15) is 4.79 Å². The summed E-state index contributed by atoms with van der Waals surface area (Å²) in [6.45, 7) is 38.6. The van der Waals surface area contributed by atoms with E-state index >= 15 is 0 Å². The number of rotatable bonds is 6. The van der Waals surface area contributed by atoms with Crippen LogP contribution in [0.3, 0.4) is 0 Å². The molecule has 0 amide bonds. The van der Waals surface area contributed by atoms with Crippen LogP contribution in [0.25, 0.3) is 0 Å². The predicted molar refractivity (Wildman–Crippen MR) is 274 cm³/mol. The van der Waals surface area contributed by atoms with Crippen molar-refractivity contribution < 1.29 is 4.79 Å². The molecule has 1 spiro atoms. The van der Waals surface area contributed by atoms with Gasteiger partial charge in [-0.1, -0.05) is 182 Å². The highest BCUT2D eigenvalue weighted by atomic mass is 16.1. The number of carbonyl (C=O) groups excluding carboxylic acids is 1. The summed E-state index contributed by atoms with van der Waals surface area (Å²) in [5.74, 6) is 5.62. The molecule has 1 fully saturated rings. The Morgan fingerprint density at radius 2 is 0.951 bits per heavy atom. The lowest BCUT2D eigenvalue weighted by Gasteiger charge is -2.29. The van der Waals surface area contributed by atoms with E-state index in [1.165, 1.54) is 116 Å². The maximum Gasteiger partial charge on any atom is 0.158 e. The Morgan fingerprint density at radius 3 is 1.30 bits per heavy atom. The molecule has 0 aromatic carbocycles. The topological polar surface area (TPSA) is 17.1 Å². The molecule has 0 bridgehead atoms. The fraction of sp³-hybridized carbons (Fsp3) is 0.783. The number of allylic oxidation sites excluding steroid dienone is 12. The standard InChI is InChI=1S/C11H18O.C11H18.C11H20.C10H18.C9H16.C8H14/c1-8(2)9-7-11(3,4)6-5-10(9)12;1-9(2)10-3-5-11(6-4-10)7-8-11;1-9(2)10-5-7-11(3,4)8-6-10;1-8(2)10-6-4-9(3)5-7-10;1-8(2)9-6-4-3-5-7-9;1-7(2)8-5-3-4-6-8/h7-8H,5-6H2,1-4H3;3,9H,4-8H2,1-2H3;5,9H,6-8H2,1-4H3;6,8-9H,4-5,7H2,1-3H3;6,8H,3-5,7H2,1-2H3;5,7H,3-4,6H2,1-2H3. The molecule has 1 atom stereocenters. The molecule has 0 aromatic heterocycles. The third-order valence-electron chi connectivity index (χ3n) is 15.0. The Kier molecular flexibility index (Phi) is 24.3. The van der Waals surface area contributed by atoms with Crippen LogP contribution in [-0.4, -0.2) is 5.78 Å². The van der Waals surface area contributed by atoms with Gasteiger partial charge in [-0.25, -0.2) is 0 Å². The summed E-state index contributed by atoms with van der Waals surface area (Å²) >= 11 is 0. The summed E-state index contributed by atoms with van der Waals surface area (Å²) < 4.78 is 0. The zero-order chi connectivity index (χ0) is 46.0. The van der Waals surface area contributed by atoms with Crippen LogP contribution in [-0.2, 0) is 4.79 Å². The van der Waals surface area contributed by atoms with Gasteiger partial charge in [0.25, 0.3) is 0 Å². The zero-order valence-electron chi connectivity index (χ0n) is 44.1. The maximum absolute atomic E-state index is 11.5. The molecule has 0 saturated heterocycles. The molecule has 7 aliphatic carbocycles. The van der Waals surface area contributed by atoms with Crippen molar-refractivity contribution in [1.82, 2.24) is 0 Å². The molecule has 1 nitrogen and oxygen atoms in total. The van der Waals surface area contributed by atoms with Gasteiger partial charge < -0.3 is 0 Å². The summed E-state index contributed by atoms with van der Waals surface area (Å²) in [4.78, 5) is 11.5. The van der Waals surface area contributed by atoms with Gasteiger partial charge >= 0.3 is 0 Å². The second-order valence-corrected chi connectivity index (χ2v) is 23.9. The van der Waals surface area contributed by atoms with Crippen molar-refractivity contribution >= 4 is 5.78 Å². The average molecular weight is 841 g/mol. The first-order chi connectivity index (χ1) is 28.5. The van der Waals surface area contributed by atoms with E-state index in [1.807, 2.05) is 0 Å². The Balaban J connectivity index is 0.000000253. The van der Waals surface area contributed by atoms with Crippen molar-refractivity contribution in [3.05, 3.63) is 69.9 Å². The van der Waals surface area contributed by atoms with Crippen molar-refractivity contribution in [2.75, 3.05) is 0 Å². The highest BCUT2D eigenvalue weighted by molar-refractivity contribution is 5.96. The first kappa shape index (κ1) is 55.2. The third-order valence-corrected chi connectivity index (χ3v) is 15.0. The lowest BCUT2D eigenvalue weighted by Crippen LogP contribution is -2.22. The van der Waals surface area contributed by atoms with Gasteiger partial charge in [-0.15, -0.1) is 0 Å². The summed E-state index contributed by atoms with van der Waals surface area (Å²) in [6.07, 6.45) is 41.0. The van der Waals surface area contributed by atoms with Crippen molar-refractivity contribution in [1.29, 1.82) is 0 Å². The number of ketones is 1. The normalized spacial score (nSPS) is 23.6. The first-order valence-electron chi connectivity index (χ1n) is 26.2. The summed E-state index contributed by atoms with van der Waals surface area (Å²) in [7, 11) is 0. The monoisotopic (exact) mass is 841 g/mol. The summed E-state index contributed by atoms with van der Waals surface area (Å²) in [5.41, 5.74) is 11.1. The largest absolute Gasteiger partial charge is 0.295 e. The van der Waals surface area contributed by atoms with Crippen LogP contribution in [0.2, 0.25) is 0 Å². The van der Waals surface area contributed by atoms with Crippen molar-refractivity contribution in [3.8, 4) is 0 Å². The minimum atomic E-state index is 0.230. The maximum atomic E-state index is 11.5. The van der Waals surface area contributed by atoms with Crippen LogP contribution < -0.4 is 0 Å². The molecule has 1 saturated carbocycles. The molecule has 0 heterocycles. The molecule has 0 N–H and O–H groups in total. The molecule has 350 valence electrons. The number of hydrogen-bond donors (Lipinski definition) is 0. The van der Waals surface area contributed by atoms with Gasteiger partial charge in [-0.2, -0.15) is 0 Å². The molecule has 1 unspecified atom stereocenters. The second kappa shape index (κ2) is 26.8. The molecule has 0 radical (unpaired) electrons. The van der Waals surface area contributed by atoms with Crippen LogP contribution in [0.5, 0.6) is 0 Å². The van der Waals surface area contributed by atoms with E-state index in [4.69, 9.17) is 0 Å². The smallest absolute Gasteiger partial charge is 0.158 e. The quantitative estimate of drug-likeness (QED) is 0.244. The van der Waals surface area contributed by atoms with E-state index in [0.717, 1.165) is 59.3 Å². The van der Waals surface area contributed by atoms with Gasteiger partial charge in [0.1, 0.15) is 0 Å². The van der Waals surface area contributed by atoms with Crippen LogP contribution >= 0.6 is 0 Å². The van der Waals surface area contributed by atoms with Crippen LogP contribution in [0.15, 0.2) is 69.9 Å². The number of Topliss-reactive ketones (excluding diaryl/α,β-unsaturated/α-hetero) is 1.